The van der Waals surface area contributed by atoms with E-state index in [1.54, 1.807) is 0 Å². The number of hydrogen-bond acceptors (Lipinski definition) is 2. The van der Waals surface area contributed by atoms with Crippen LogP contribution in [-0.4, -0.2) is 30.1 Å². The lowest BCUT2D eigenvalue weighted by Gasteiger charge is -2.58. The minimum absolute atomic E-state index is 0.666. The summed E-state index contributed by atoms with van der Waals surface area (Å²) in [5, 5.41) is 0. The zero-order chi connectivity index (χ0) is 7.03. The second kappa shape index (κ2) is 2.21. The van der Waals surface area contributed by atoms with Gasteiger partial charge in [0, 0.05) is 25.2 Å². The molecule has 0 unspecified atom stereocenters. The zero-order valence-electron chi connectivity index (χ0n) is 6.47. The molecule has 0 atom stereocenters. The summed E-state index contributed by atoms with van der Waals surface area (Å²) in [6, 6.07) is 0. The zero-order valence-corrected chi connectivity index (χ0v) is 6.47. The molecule has 0 amide bonds. The Hall–Kier alpha value is -0.0800. The first-order valence-electron chi connectivity index (χ1n) is 4.32. The maximum Gasteiger partial charge on any atom is 0.0222 e. The van der Waals surface area contributed by atoms with Crippen molar-refractivity contribution in [1.29, 1.82) is 0 Å². The quantitative estimate of drug-likeness (QED) is 0.607. The highest BCUT2D eigenvalue weighted by molar-refractivity contribution is 5.05. The molecule has 2 aliphatic rings. The lowest BCUT2D eigenvalue weighted by Crippen LogP contribution is -2.64. The summed E-state index contributed by atoms with van der Waals surface area (Å²) in [5.41, 5.74) is 6.16. The fraction of sp³-hybridized carbons (Fsp3) is 1.00. The van der Waals surface area contributed by atoms with Crippen molar-refractivity contribution in [3.63, 3.8) is 0 Å². The Kier molecular flexibility index (Phi) is 1.46. The van der Waals surface area contributed by atoms with Gasteiger partial charge in [-0.3, -0.25) is 4.90 Å². The first kappa shape index (κ1) is 6.62. The number of rotatable bonds is 2. The molecule has 0 aromatic carbocycles. The van der Waals surface area contributed by atoms with Gasteiger partial charge in [-0.05, 0) is 25.7 Å². The average molecular weight is 140 g/mol. The number of nitrogens with zero attached hydrogens (tertiary/aromatic N) is 1. The molecule has 1 aliphatic carbocycles. The molecule has 2 N–H and O–H groups in total. The minimum atomic E-state index is 0.666. The van der Waals surface area contributed by atoms with Gasteiger partial charge in [-0.25, -0.2) is 0 Å². The van der Waals surface area contributed by atoms with Gasteiger partial charge < -0.3 is 5.73 Å². The molecule has 1 saturated carbocycles. The third-order valence-corrected chi connectivity index (χ3v) is 3.20. The predicted molar refractivity (Wildman–Crippen MR) is 41.8 cm³/mol. The van der Waals surface area contributed by atoms with Gasteiger partial charge >= 0.3 is 0 Å². The van der Waals surface area contributed by atoms with Crippen LogP contribution in [0.3, 0.4) is 0 Å². The summed E-state index contributed by atoms with van der Waals surface area (Å²) in [4.78, 5) is 2.57. The van der Waals surface area contributed by atoms with E-state index in [1.165, 1.54) is 32.2 Å². The van der Waals surface area contributed by atoms with E-state index in [4.69, 9.17) is 5.73 Å². The number of hydrogen-bond donors (Lipinski definition) is 1. The monoisotopic (exact) mass is 140 g/mol. The van der Waals surface area contributed by atoms with Crippen LogP contribution in [0.2, 0.25) is 0 Å². The second-order valence-electron chi connectivity index (χ2n) is 3.60. The van der Waals surface area contributed by atoms with Gasteiger partial charge in [0.05, 0.1) is 0 Å². The standard InChI is InChI=1S/C8H16N2/c9-5-7-10-6-4-8(10)2-1-3-8/h1-7,9H2. The summed E-state index contributed by atoms with van der Waals surface area (Å²) in [5.74, 6) is 0. The van der Waals surface area contributed by atoms with Gasteiger partial charge in [0.2, 0.25) is 0 Å². The van der Waals surface area contributed by atoms with Crippen molar-refractivity contribution in [1.82, 2.24) is 4.90 Å². The highest BCUT2D eigenvalue weighted by Crippen LogP contribution is 2.46. The fourth-order valence-corrected chi connectivity index (χ4v) is 2.24. The summed E-state index contributed by atoms with van der Waals surface area (Å²) in [6.45, 7) is 3.26. The SMILES string of the molecule is NCCN1CCC12CCC2. The van der Waals surface area contributed by atoms with E-state index in [0.717, 1.165) is 13.1 Å². The van der Waals surface area contributed by atoms with Crippen LogP contribution >= 0.6 is 0 Å². The molecular weight excluding hydrogens is 124 g/mol. The van der Waals surface area contributed by atoms with Gasteiger partial charge in [-0.2, -0.15) is 0 Å². The van der Waals surface area contributed by atoms with E-state index < -0.39 is 0 Å². The molecule has 2 heteroatoms. The summed E-state index contributed by atoms with van der Waals surface area (Å²) < 4.78 is 0. The topological polar surface area (TPSA) is 29.3 Å². The van der Waals surface area contributed by atoms with Gasteiger partial charge in [0.25, 0.3) is 0 Å². The van der Waals surface area contributed by atoms with E-state index in [0.29, 0.717) is 5.54 Å². The van der Waals surface area contributed by atoms with E-state index in [9.17, 15) is 0 Å². The molecule has 1 spiro atoms. The van der Waals surface area contributed by atoms with Crippen molar-refractivity contribution in [2.75, 3.05) is 19.6 Å². The second-order valence-corrected chi connectivity index (χ2v) is 3.60. The van der Waals surface area contributed by atoms with Crippen LogP contribution in [0, 0.1) is 0 Å². The van der Waals surface area contributed by atoms with Gasteiger partial charge in [-0.1, -0.05) is 0 Å². The van der Waals surface area contributed by atoms with E-state index in [2.05, 4.69) is 4.90 Å². The smallest absolute Gasteiger partial charge is 0.0222 e. The molecule has 0 bridgehead atoms. The molecule has 58 valence electrons. The number of likely N-dealkylation sites (tertiary alicyclic amines) is 1. The van der Waals surface area contributed by atoms with Crippen molar-refractivity contribution in [2.24, 2.45) is 5.73 Å². The normalized spacial score (nSPS) is 29.7. The number of nitrogens with two attached hydrogens (primary N) is 1. The molecule has 0 radical (unpaired) electrons. The Morgan fingerprint density at radius 1 is 1.30 bits per heavy atom. The third kappa shape index (κ3) is 0.722. The van der Waals surface area contributed by atoms with Crippen LogP contribution in [0.25, 0.3) is 0 Å². The fourth-order valence-electron chi connectivity index (χ4n) is 2.24. The summed E-state index contributed by atoms with van der Waals surface area (Å²) in [7, 11) is 0. The van der Waals surface area contributed by atoms with Crippen molar-refractivity contribution < 1.29 is 0 Å². The van der Waals surface area contributed by atoms with Crippen molar-refractivity contribution in [3.8, 4) is 0 Å². The minimum Gasteiger partial charge on any atom is -0.329 e. The van der Waals surface area contributed by atoms with Crippen LogP contribution in [-0.2, 0) is 0 Å². The van der Waals surface area contributed by atoms with Crippen LogP contribution in [0.15, 0.2) is 0 Å². The Labute approximate surface area is 62.4 Å². The highest BCUT2D eigenvalue weighted by Gasteiger charge is 2.48. The molecule has 10 heavy (non-hydrogen) atoms. The lowest BCUT2D eigenvalue weighted by molar-refractivity contribution is -0.0700. The van der Waals surface area contributed by atoms with Crippen molar-refractivity contribution in [2.45, 2.75) is 31.2 Å². The van der Waals surface area contributed by atoms with E-state index in [1.807, 2.05) is 0 Å². The molecule has 1 saturated heterocycles. The average Bonchev–Trinajstić information content (AvgIpc) is 1.77. The van der Waals surface area contributed by atoms with Gasteiger partial charge in [0.15, 0.2) is 0 Å². The maximum absolute atomic E-state index is 5.50. The summed E-state index contributed by atoms with van der Waals surface area (Å²) in [6.07, 6.45) is 5.76. The Morgan fingerprint density at radius 2 is 2.10 bits per heavy atom. The van der Waals surface area contributed by atoms with E-state index in [-0.39, 0.29) is 0 Å². The van der Waals surface area contributed by atoms with Gasteiger partial charge in [0.1, 0.15) is 0 Å². The Morgan fingerprint density at radius 3 is 2.40 bits per heavy atom. The van der Waals surface area contributed by atoms with E-state index >= 15 is 0 Å². The molecule has 0 aromatic heterocycles. The first-order chi connectivity index (χ1) is 4.87. The molecule has 1 aliphatic heterocycles. The Balaban J connectivity index is 1.87. The molecule has 2 rings (SSSR count). The first-order valence-corrected chi connectivity index (χ1v) is 4.32. The molecule has 2 nitrogen and oxygen atoms in total. The van der Waals surface area contributed by atoms with Crippen LogP contribution in [0.5, 0.6) is 0 Å². The van der Waals surface area contributed by atoms with Crippen LogP contribution < -0.4 is 5.73 Å². The maximum atomic E-state index is 5.50. The lowest BCUT2D eigenvalue weighted by atomic mass is 9.68. The molecule has 2 fully saturated rings. The van der Waals surface area contributed by atoms with Crippen molar-refractivity contribution >= 4 is 0 Å². The molecule has 0 aromatic rings. The highest BCUT2D eigenvalue weighted by atomic mass is 15.3. The van der Waals surface area contributed by atoms with Crippen molar-refractivity contribution in [3.05, 3.63) is 0 Å². The largest absolute Gasteiger partial charge is 0.329 e. The molecule has 1 heterocycles. The Bertz CT molecular complexity index is 124. The van der Waals surface area contributed by atoms with Gasteiger partial charge in [-0.15, -0.1) is 0 Å². The predicted octanol–water partition coefficient (Wildman–Crippen LogP) is 0.573. The van der Waals surface area contributed by atoms with Crippen LogP contribution in [0.1, 0.15) is 25.7 Å². The summed E-state index contributed by atoms with van der Waals surface area (Å²) >= 11 is 0. The van der Waals surface area contributed by atoms with Crippen LogP contribution in [0.4, 0.5) is 0 Å². The molecular formula is C8H16N2. The third-order valence-electron chi connectivity index (χ3n) is 3.20.